The van der Waals surface area contributed by atoms with E-state index in [1.807, 2.05) is 37.3 Å². The highest BCUT2D eigenvalue weighted by Crippen LogP contribution is 2.38. The Balaban J connectivity index is 2.24. The third-order valence-electron chi connectivity index (χ3n) is 6.02. The number of esters is 1. The van der Waals surface area contributed by atoms with E-state index in [-0.39, 0.29) is 10.9 Å². The first-order valence-electron chi connectivity index (χ1n) is 11.0. The highest BCUT2D eigenvalue weighted by atomic mass is 35.5. The number of thioether (sulfide) groups is 1. The zero-order valence-corrected chi connectivity index (χ0v) is 22.4. The SMILES string of the molecule is CCS[C@H]1O[C@H](CO[Si](C)(C)C(C)(C)C)[C@@H](OCc2ccccc2)[C@H](O)[C@@H]1OC(=O)CCl. The largest absolute Gasteiger partial charge is 0.455 e. The lowest BCUT2D eigenvalue weighted by Gasteiger charge is -2.45. The van der Waals surface area contributed by atoms with Gasteiger partial charge in [0.25, 0.3) is 0 Å². The van der Waals surface area contributed by atoms with E-state index in [2.05, 4.69) is 33.9 Å². The molecule has 0 aromatic heterocycles. The van der Waals surface area contributed by atoms with Gasteiger partial charge >= 0.3 is 5.97 Å². The zero-order valence-electron chi connectivity index (χ0n) is 19.9. The van der Waals surface area contributed by atoms with E-state index in [4.69, 9.17) is 30.2 Å². The summed E-state index contributed by atoms with van der Waals surface area (Å²) in [5.74, 6) is -0.156. The molecular weight excluding hydrogens is 468 g/mol. The first-order valence-corrected chi connectivity index (χ1v) is 15.5. The first kappa shape index (κ1) is 27.6. The molecular formula is C23H37ClO6SSi. The molecule has 1 aliphatic rings. The summed E-state index contributed by atoms with van der Waals surface area (Å²) in [5, 5.41) is 11.3. The van der Waals surface area contributed by atoms with Gasteiger partial charge in [0.05, 0.1) is 13.2 Å². The lowest BCUT2D eigenvalue weighted by atomic mass is 9.99. The number of carbonyl (C=O) groups is 1. The molecule has 5 atom stereocenters. The maximum Gasteiger partial charge on any atom is 0.321 e. The Hall–Kier alpha value is -0.613. The number of aliphatic hydroxyl groups excluding tert-OH is 1. The van der Waals surface area contributed by atoms with Crippen LogP contribution in [0.4, 0.5) is 0 Å². The Labute approximate surface area is 202 Å². The molecule has 1 saturated heterocycles. The first-order chi connectivity index (χ1) is 15.0. The molecule has 1 N–H and O–H groups in total. The van der Waals surface area contributed by atoms with Crippen LogP contribution in [0.25, 0.3) is 0 Å². The molecule has 32 heavy (non-hydrogen) atoms. The number of aliphatic hydroxyl groups is 1. The van der Waals surface area contributed by atoms with Gasteiger partial charge in [0.2, 0.25) is 0 Å². The van der Waals surface area contributed by atoms with Gasteiger partial charge in [-0.3, -0.25) is 4.79 Å². The van der Waals surface area contributed by atoms with Crippen LogP contribution >= 0.6 is 23.4 Å². The average Bonchev–Trinajstić information content (AvgIpc) is 2.74. The molecule has 0 unspecified atom stereocenters. The minimum atomic E-state index is -2.04. The quantitative estimate of drug-likeness (QED) is 0.284. The van der Waals surface area contributed by atoms with Crippen LogP contribution < -0.4 is 0 Å². The number of ether oxygens (including phenoxy) is 3. The van der Waals surface area contributed by atoms with E-state index in [0.717, 1.165) is 11.3 Å². The van der Waals surface area contributed by atoms with E-state index >= 15 is 0 Å². The van der Waals surface area contributed by atoms with Crippen LogP contribution in [0.1, 0.15) is 33.3 Å². The molecule has 0 bridgehead atoms. The second-order valence-corrected chi connectivity index (χ2v) is 15.9. The Bertz CT molecular complexity index is 714. The molecule has 6 nitrogen and oxygen atoms in total. The monoisotopic (exact) mass is 504 g/mol. The second kappa shape index (κ2) is 12.2. The molecule has 182 valence electrons. The summed E-state index contributed by atoms with van der Waals surface area (Å²) in [7, 11) is -2.04. The van der Waals surface area contributed by atoms with Gasteiger partial charge < -0.3 is 23.7 Å². The third kappa shape index (κ3) is 7.45. The summed E-state index contributed by atoms with van der Waals surface area (Å²) in [5.41, 5.74) is 0.440. The second-order valence-electron chi connectivity index (χ2n) is 9.41. The van der Waals surface area contributed by atoms with Crippen molar-refractivity contribution in [1.82, 2.24) is 0 Å². The molecule has 0 aliphatic carbocycles. The fraction of sp³-hybridized carbons (Fsp3) is 0.696. The molecule has 1 aromatic carbocycles. The van der Waals surface area contributed by atoms with Crippen molar-refractivity contribution in [1.29, 1.82) is 0 Å². The van der Waals surface area contributed by atoms with E-state index in [0.29, 0.717) is 13.2 Å². The van der Waals surface area contributed by atoms with Crippen LogP contribution in [0.3, 0.4) is 0 Å². The number of halogens is 1. The van der Waals surface area contributed by atoms with E-state index in [9.17, 15) is 9.90 Å². The molecule has 9 heteroatoms. The van der Waals surface area contributed by atoms with Crippen molar-refractivity contribution < 1.29 is 28.5 Å². The van der Waals surface area contributed by atoms with Crippen molar-refractivity contribution in [3.05, 3.63) is 35.9 Å². The van der Waals surface area contributed by atoms with Gasteiger partial charge in [-0.15, -0.1) is 23.4 Å². The highest BCUT2D eigenvalue weighted by Gasteiger charge is 2.49. The summed E-state index contributed by atoms with van der Waals surface area (Å²) in [6.45, 7) is 13.5. The van der Waals surface area contributed by atoms with Crippen molar-refractivity contribution in [2.45, 2.75) is 82.3 Å². The van der Waals surface area contributed by atoms with Gasteiger partial charge in [-0.25, -0.2) is 0 Å². The number of alkyl halides is 1. The molecule has 1 aliphatic heterocycles. The van der Waals surface area contributed by atoms with Gasteiger partial charge in [-0.05, 0) is 29.4 Å². The minimum Gasteiger partial charge on any atom is -0.455 e. The Morgan fingerprint density at radius 3 is 2.44 bits per heavy atom. The molecule has 1 aromatic rings. The van der Waals surface area contributed by atoms with Crippen LogP contribution in [0.2, 0.25) is 18.1 Å². The van der Waals surface area contributed by atoms with Crippen LogP contribution in [-0.2, 0) is 30.0 Å². The summed E-state index contributed by atoms with van der Waals surface area (Å²) in [4.78, 5) is 11.9. The van der Waals surface area contributed by atoms with Crippen molar-refractivity contribution in [2.24, 2.45) is 0 Å². The number of hydrogen-bond donors (Lipinski definition) is 1. The maximum absolute atomic E-state index is 11.9. The smallest absolute Gasteiger partial charge is 0.321 e. The van der Waals surface area contributed by atoms with E-state index < -0.39 is 44.1 Å². The van der Waals surface area contributed by atoms with Crippen molar-refractivity contribution in [3.8, 4) is 0 Å². The summed E-state index contributed by atoms with van der Waals surface area (Å²) in [6.07, 6.45) is -3.17. The summed E-state index contributed by atoms with van der Waals surface area (Å²) in [6, 6.07) is 9.72. The fourth-order valence-corrected chi connectivity index (χ4v) is 5.15. The van der Waals surface area contributed by atoms with Crippen molar-refractivity contribution >= 4 is 37.6 Å². The van der Waals surface area contributed by atoms with Crippen LogP contribution in [0, 0.1) is 0 Å². The summed E-state index contributed by atoms with van der Waals surface area (Å²) < 4.78 is 24.3. The lowest BCUT2D eigenvalue weighted by Crippen LogP contribution is -2.60. The molecule has 0 spiro atoms. The van der Waals surface area contributed by atoms with Gasteiger partial charge in [-0.2, -0.15) is 0 Å². The van der Waals surface area contributed by atoms with Crippen molar-refractivity contribution in [3.63, 3.8) is 0 Å². The third-order valence-corrected chi connectivity index (χ3v) is 11.8. The number of hydrogen-bond acceptors (Lipinski definition) is 7. The lowest BCUT2D eigenvalue weighted by molar-refractivity contribution is -0.231. The van der Waals surface area contributed by atoms with Crippen molar-refractivity contribution in [2.75, 3.05) is 18.2 Å². The normalized spacial score (nSPS) is 26.7. The van der Waals surface area contributed by atoms with E-state index in [1.165, 1.54) is 11.8 Å². The molecule has 0 saturated carbocycles. The van der Waals surface area contributed by atoms with Gasteiger partial charge in [-0.1, -0.05) is 58.0 Å². The molecule has 0 amide bonds. The number of benzene rings is 1. The topological polar surface area (TPSA) is 74.2 Å². The van der Waals surface area contributed by atoms with Gasteiger partial charge in [0, 0.05) is 0 Å². The molecule has 1 heterocycles. The fourth-order valence-electron chi connectivity index (χ4n) is 3.12. The Morgan fingerprint density at radius 2 is 1.88 bits per heavy atom. The Morgan fingerprint density at radius 1 is 1.22 bits per heavy atom. The Kier molecular flexibility index (Phi) is 10.5. The van der Waals surface area contributed by atoms with Gasteiger partial charge in [0.1, 0.15) is 29.6 Å². The average molecular weight is 505 g/mol. The van der Waals surface area contributed by atoms with Crippen LogP contribution in [0.5, 0.6) is 0 Å². The minimum absolute atomic E-state index is 0.0384. The predicted octanol–water partition coefficient (Wildman–Crippen LogP) is 4.58. The predicted molar refractivity (Wildman–Crippen MR) is 132 cm³/mol. The maximum atomic E-state index is 11.9. The van der Waals surface area contributed by atoms with Gasteiger partial charge in [0.15, 0.2) is 14.4 Å². The number of rotatable bonds is 10. The molecule has 1 fully saturated rings. The van der Waals surface area contributed by atoms with Crippen LogP contribution in [0.15, 0.2) is 30.3 Å². The number of carbonyl (C=O) groups excluding carboxylic acids is 1. The highest BCUT2D eigenvalue weighted by molar-refractivity contribution is 7.99. The molecule has 2 rings (SSSR count). The standard InChI is InChI=1S/C23H37ClO6SSi/c1-7-31-22-21(30-18(25)13-24)19(26)20(27-14-16-11-9-8-10-12-16)17(29-22)15-28-32(5,6)23(2,3)4/h8-12,17,19-22,26H,7,13-15H2,1-6H3/t17-,19+,20-,21+,22-/m1/s1. The van der Waals surface area contributed by atoms with E-state index in [1.54, 1.807) is 0 Å². The molecule has 0 radical (unpaired) electrons. The van der Waals surface area contributed by atoms with Crippen LogP contribution in [-0.4, -0.2) is 67.5 Å². The summed E-state index contributed by atoms with van der Waals surface area (Å²) >= 11 is 7.12. The zero-order chi connectivity index (χ0) is 23.9.